The van der Waals surface area contributed by atoms with E-state index in [-0.39, 0.29) is 34.1 Å². The molecule has 1 fully saturated rings. The first-order valence-corrected chi connectivity index (χ1v) is 9.02. The summed E-state index contributed by atoms with van der Waals surface area (Å²) in [5, 5.41) is 3.31. The average Bonchev–Trinajstić information content (AvgIpc) is 2.68. The summed E-state index contributed by atoms with van der Waals surface area (Å²) in [5.74, 6) is -0.528. The second kappa shape index (κ2) is 7.02. The number of rotatable bonds is 4. The molecule has 4 rings (SSSR count). The fourth-order valence-corrected chi connectivity index (χ4v) is 3.69. The highest BCUT2D eigenvalue weighted by Gasteiger charge is 2.34. The average molecular weight is 366 g/mol. The van der Waals surface area contributed by atoms with Crippen molar-refractivity contribution in [2.45, 2.75) is 0 Å². The molecule has 140 valence electrons. The standard InChI is InChI=1S/C20H22N4O3/c21-13-4-5-14(22)18-17(13)19(25)12-2-1-3-15(16(12)20(18)26)23-6-7-24-8-10-27-11-9-24/h1-5,23H,6-11,21-22H2. The molecule has 0 radical (unpaired) electrons. The highest BCUT2D eigenvalue weighted by Crippen LogP contribution is 2.36. The molecule has 1 saturated heterocycles. The Balaban J connectivity index is 1.63. The van der Waals surface area contributed by atoms with Crippen LogP contribution in [0, 0.1) is 0 Å². The third-order valence-corrected chi connectivity index (χ3v) is 5.11. The number of carbonyl (C=O) groups is 2. The van der Waals surface area contributed by atoms with Gasteiger partial charge in [-0.25, -0.2) is 0 Å². The minimum atomic E-state index is -0.265. The predicted molar refractivity (Wildman–Crippen MR) is 104 cm³/mol. The van der Waals surface area contributed by atoms with E-state index < -0.39 is 0 Å². The lowest BCUT2D eigenvalue weighted by atomic mass is 9.81. The quantitative estimate of drug-likeness (QED) is 0.598. The zero-order valence-corrected chi connectivity index (χ0v) is 15.0. The Hall–Kier alpha value is -2.90. The summed E-state index contributed by atoms with van der Waals surface area (Å²) in [4.78, 5) is 28.4. The number of nitrogen functional groups attached to an aromatic ring is 2. The highest BCUT2D eigenvalue weighted by atomic mass is 16.5. The topological polar surface area (TPSA) is 111 Å². The molecular formula is C20H22N4O3. The van der Waals surface area contributed by atoms with Crippen LogP contribution < -0.4 is 16.8 Å². The SMILES string of the molecule is Nc1ccc(N)c2c1C(=O)c1cccc(NCCN3CCOCC3)c1C2=O. The number of anilines is 3. The summed E-state index contributed by atoms with van der Waals surface area (Å²) in [7, 11) is 0. The number of nitrogens with one attached hydrogen (secondary N) is 1. The molecule has 1 heterocycles. The molecule has 0 aromatic heterocycles. The van der Waals surface area contributed by atoms with Crippen molar-refractivity contribution in [1.29, 1.82) is 0 Å². The van der Waals surface area contributed by atoms with Crippen LogP contribution in [0.25, 0.3) is 0 Å². The highest BCUT2D eigenvalue weighted by molar-refractivity contribution is 6.33. The third kappa shape index (κ3) is 3.05. The van der Waals surface area contributed by atoms with Crippen LogP contribution in [0.1, 0.15) is 31.8 Å². The second-order valence-corrected chi connectivity index (χ2v) is 6.76. The number of benzene rings is 2. The van der Waals surface area contributed by atoms with Gasteiger partial charge in [-0.15, -0.1) is 0 Å². The lowest BCUT2D eigenvalue weighted by molar-refractivity contribution is 0.0398. The van der Waals surface area contributed by atoms with Crippen molar-refractivity contribution < 1.29 is 14.3 Å². The summed E-state index contributed by atoms with van der Waals surface area (Å²) in [6, 6.07) is 8.38. The van der Waals surface area contributed by atoms with E-state index in [0.717, 1.165) is 32.8 Å². The molecule has 0 saturated carbocycles. The Morgan fingerprint density at radius 1 is 0.926 bits per heavy atom. The molecular weight excluding hydrogens is 344 g/mol. The van der Waals surface area contributed by atoms with E-state index >= 15 is 0 Å². The van der Waals surface area contributed by atoms with Crippen molar-refractivity contribution in [3.63, 3.8) is 0 Å². The first-order valence-electron chi connectivity index (χ1n) is 9.02. The van der Waals surface area contributed by atoms with Gasteiger partial charge in [0.15, 0.2) is 11.6 Å². The van der Waals surface area contributed by atoms with Crippen LogP contribution in [-0.4, -0.2) is 55.9 Å². The maximum absolute atomic E-state index is 13.2. The van der Waals surface area contributed by atoms with Crippen LogP contribution in [-0.2, 0) is 4.74 Å². The van der Waals surface area contributed by atoms with Gasteiger partial charge in [0.2, 0.25) is 0 Å². The first-order chi connectivity index (χ1) is 13.1. The Labute approximate surface area is 157 Å². The minimum Gasteiger partial charge on any atom is -0.398 e. The van der Waals surface area contributed by atoms with Crippen molar-refractivity contribution in [1.82, 2.24) is 4.90 Å². The molecule has 1 aliphatic carbocycles. The number of ketones is 2. The number of hydrogen-bond donors (Lipinski definition) is 3. The van der Waals surface area contributed by atoms with Crippen molar-refractivity contribution in [3.05, 3.63) is 52.6 Å². The van der Waals surface area contributed by atoms with Crippen LogP contribution >= 0.6 is 0 Å². The molecule has 0 bridgehead atoms. The Morgan fingerprint density at radius 2 is 1.59 bits per heavy atom. The maximum atomic E-state index is 13.2. The molecule has 0 atom stereocenters. The predicted octanol–water partition coefficient (Wildman–Crippen LogP) is 1.37. The van der Waals surface area contributed by atoms with Gasteiger partial charge in [0.1, 0.15) is 0 Å². The monoisotopic (exact) mass is 366 g/mol. The molecule has 27 heavy (non-hydrogen) atoms. The fraction of sp³-hybridized carbons (Fsp3) is 0.300. The number of morpholine rings is 1. The number of nitrogens with two attached hydrogens (primary N) is 2. The summed E-state index contributed by atoms with van der Waals surface area (Å²) in [6.45, 7) is 4.78. The number of ether oxygens (including phenoxy) is 1. The van der Waals surface area contributed by atoms with E-state index in [4.69, 9.17) is 16.2 Å². The molecule has 1 aliphatic heterocycles. The number of nitrogens with zero attached hydrogens (tertiary/aromatic N) is 1. The first kappa shape index (κ1) is 17.5. The minimum absolute atomic E-state index is 0.204. The van der Waals surface area contributed by atoms with Gasteiger partial charge in [-0.1, -0.05) is 12.1 Å². The molecule has 0 spiro atoms. The van der Waals surface area contributed by atoms with Crippen LogP contribution in [0.5, 0.6) is 0 Å². The van der Waals surface area contributed by atoms with Crippen LogP contribution in [0.2, 0.25) is 0 Å². The van der Waals surface area contributed by atoms with Crippen molar-refractivity contribution in [3.8, 4) is 0 Å². The number of hydrogen-bond acceptors (Lipinski definition) is 7. The molecule has 7 heteroatoms. The van der Waals surface area contributed by atoms with Gasteiger partial charge < -0.3 is 21.5 Å². The number of fused-ring (bicyclic) bond motifs is 2. The van der Waals surface area contributed by atoms with Crippen molar-refractivity contribution in [2.24, 2.45) is 0 Å². The maximum Gasteiger partial charge on any atom is 0.198 e. The summed E-state index contributed by atoms with van der Waals surface area (Å²) in [6.07, 6.45) is 0. The van der Waals surface area contributed by atoms with Gasteiger partial charge in [0.25, 0.3) is 0 Å². The Kier molecular flexibility index (Phi) is 4.55. The van der Waals surface area contributed by atoms with Crippen molar-refractivity contribution in [2.75, 3.05) is 56.2 Å². The molecule has 2 aromatic rings. The molecule has 2 aliphatic rings. The van der Waals surface area contributed by atoms with Gasteiger partial charge in [-0.2, -0.15) is 0 Å². The van der Waals surface area contributed by atoms with E-state index in [1.165, 1.54) is 0 Å². The van der Waals surface area contributed by atoms with Crippen LogP contribution in [0.4, 0.5) is 17.1 Å². The summed E-state index contributed by atoms with van der Waals surface area (Å²) < 4.78 is 5.35. The van der Waals surface area contributed by atoms with E-state index in [9.17, 15) is 9.59 Å². The van der Waals surface area contributed by atoms with Crippen LogP contribution in [0.15, 0.2) is 30.3 Å². The molecule has 7 nitrogen and oxygen atoms in total. The van der Waals surface area contributed by atoms with E-state index in [1.54, 1.807) is 24.3 Å². The van der Waals surface area contributed by atoms with Gasteiger partial charge in [-0.05, 0) is 18.2 Å². The van der Waals surface area contributed by atoms with E-state index in [1.807, 2.05) is 6.07 Å². The third-order valence-electron chi connectivity index (χ3n) is 5.11. The smallest absolute Gasteiger partial charge is 0.198 e. The van der Waals surface area contributed by atoms with Crippen LogP contribution in [0.3, 0.4) is 0 Å². The molecule has 5 N–H and O–H groups in total. The number of carbonyl (C=O) groups excluding carboxylic acids is 2. The van der Waals surface area contributed by atoms with E-state index in [2.05, 4.69) is 10.2 Å². The second-order valence-electron chi connectivity index (χ2n) is 6.76. The van der Waals surface area contributed by atoms with Crippen molar-refractivity contribution >= 4 is 28.6 Å². The Morgan fingerprint density at radius 3 is 2.30 bits per heavy atom. The lowest BCUT2D eigenvalue weighted by Crippen LogP contribution is -2.39. The van der Waals surface area contributed by atoms with E-state index in [0.29, 0.717) is 23.4 Å². The Bertz CT molecular complexity index is 920. The molecule has 0 amide bonds. The van der Waals surface area contributed by atoms with Gasteiger partial charge in [0.05, 0.1) is 29.9 Å². The molecule has 0 unspecified atom stereocenters. The molecule has 2 aromatic carbocycles. The zero-order chi connectivity index (χ0) is 19.0. The van der Waals surface area contributed by atoms with Gasteiger partial charge in [0, 0.05) is 48.8 Å². The lowest BCUT2D eigenvalue weighted by Gasteiger charge is -2.27. The fourth-order valence-electron chi connectivity index (χ4n) is 3.69. The van der Waals surface area contributed by atoms with Gasteiger partial charge in [-0.3, -0.25) is 14.5 Å². The summed E-state index contributed by atoms with van der Waals surface area (Å²) >= 11 is 0. The largest absolute Gasteiger partial charge is 0.398 e. The normalized spacial score (nSPS) is 16.7. The summed E-state index contributed by atoms with van der Waals surface area (Å²) in [5.41, 5.74) is 14.3. The van der Waals surface area contributed by atoms with Gasteiger partial charge >= 0.3 is 0 Å². The zero-order valence-electron chi connectivity index (χ0n) is 15.0.